The number of aryl methyl sites for hydroxylation is 1. The molecule has 1 aliphatic rings. The zero-order valence-electron chi connectivity index (χ0n) is 8.81. The van der Waals surface area contributed by atoms with E-state index in [4.69, 9.17) is 0 Å². The molecule has 0 fully saturated rings. The second-order valence-electron chi connectivity index (χ2n) is 3.91. The number of hydrogen-bond donors (Lipinski definition) is 1. The Labute approximate surface area is 93.7 Å². The van der Waals surface area contributed by atoms with Crippen molar-refractivity contribution in [3.63, 3.8) is 0 Å². The van der Waals surface area contributed by atoms with E-state index in [1.54, 1.807) is 4.90 Å². The molecule has 3 rings (SSSR count). The first-order chi connectivity index (χ1) is 7.86. The molecule has 0 unspecified atom stereocenters. The number of para-hydroxylation sites is 1. The third kappa shape index (κ3) is 1.33. The molecular formula is C13H12N2O. The average molecular weight is 212 g/mol. The number of carbonyl (C=O) groups is 1. The highest BCUT2D eigenvalue weighted by molar-refractivity contribution is 6.02. The van der Waals surface area contributed by atoms with Crippen LogP contribution in [0.25, 0.3) is 0 Å². The van der Waals surface area contributed by atoms with Crippen LogP contribution in [0.2, 0.25) is 0 Å². The van der Waals surface area contributed by atoms with Gasteiger partial charge in [-0.1, -0.05) is 18.2 Å². The van der Waals surface area contributed by atoms with Crippen LogP contribution in [0, 0.1) is 0 Å². The Hall–Kier alpha value is -2.03. The number of nitrogens with zero attached hydrogens (tertiary/aromatic N) is 1. The maximum atomic E-state index is 12.0. The van der Waals surface area contributed by atoms with Crippen LogP contribution in [0.1, 0.15) is 12.0 Å². The van der Waals surface area contributed by atoms with Crippen molar-refractivity contribution in [3.05, 3.63) is 48.2 Å². The quantitative estimate of drug-likeness (QED) is 0.775. The van der Waals surface area contributed by atoms with Gasteiger partial charge in [0.05, 0.1) is 5.69 Å². The van der Waals surface area contributed by atoms with Crippen LogP contribution in [-0.4, -0.2) is 10.9 Å². The highest BCUT2D eigenvalue weighted by atomic mass is 16.2. The molecule has 16 heavy (non-hydrogen) atoms. The van der Waals surface area contributed by atoms with Gasteiger partial charge in [0.15, 0.2) is 0 Å². The van der Waals surface area contributed by atoms with Gasteiger partial charge in [-0.2, -0.15) is 0 Å². The van der Waals surface area contributed by atoms with E-state index in [1.165, 1.54) is 5.56 Å². The number of nitrogens with one attached hydrogen (secondary N) is 1. The third-order valence-corrected chi connectivity index (χ3v) is 2.91. The normalized spacial score (nSPS) is 15.0. The van der Waals surface area contributed by atoms with Gasteiger partial charge in [0.1, 0.15) is 5.82 Å². The Balaban J connectivity index is 2.14. The van der Waals surface area contributed by atoms with Crippen LogP contribution in [0.15, 0.2) is 42.6 Å². The number of rotatable bonds is 1. The predicted molar refractivity (Wildman–Crippen MR) is 62.7 cm³/mol. The fourth-order valence-corrected chi connectivity index (χ4v) is 2.15. The molecule has 2 aromatic rings. The summed E-state index contributed by atoms with van der Waals surface area (Å²) in [5.74, 6) is 0.998. The van der Waals surface area contributed by atoms with E-state index < -0.39 is 0 Å². The van der Waals surface area contributed by atoms with Gasteiger partial charge < -0.3 is 4.98 Å². The summed E-state index contributed by atoms with van der Waals surface area (Å²) in [7, 11) is 0. The van der Waals surface area contributed by atoms with Crippen molar-refractivity contribution >= 4 is 17.4 Å². The van der Waals surface area contributed by atoms with Crippen LogP contribution in [0.3, 0.4) is 0 Å². The summed E-state index contributed by atoms with van der Waals surface area (Å²) in [6.45, 7) is 0. The molecule has 1 N–H and O–H groups in total. The van der Waals surface area contributed by atoms with Gasteiger partial charge in [-0.25, -0.2) is 0 Å². The van der Waals surface area contributed by atoms with Crippen LogP contribution in [0.4, 0.5) is 11.5 Å². The van der Waals surface area contributed by atoms with Gasteiger partial charge in [-0.3, -0.25) is 9.69 Å². The van der Waals surface area contributed by atoms with Gasteiger partial charge in [-0.15, -0.1) is 0 Å². The SMILES string of the molecule is O=C1CCc2ccccc2N1c1ccc[nH]1. The average Bonchev–Trinajstić information content (AvgIpc) is 2.82. The zero-order chi connectivity index (χ0) is 11.0. The number of carbonyl (C=O) groups excluding carboxylic acids is 1. The van der Waals surface area contributed by atoms with Gasteiger partial charge in [0, 0.05) is 12.6 Å². The number of hydrogen-bond acceptors (Lipinski definition) is 1. The van der Waals surface area contributed by atoms with Crippen molar-refractivity contribution in [1.29, 1.82) is 0 Å². The molecular weight excluding hydrogens is 200 g/mol. The van der Waals surface area contributed by atoms with E-state index >= 15 is 0 Å². The summed E-state index contributed by atoms with van der Waals surface area (Å²) in [6, 6.07) is 11.9. The minimum Gasteiger partial charge on any atom is -0.348 e. The molecule has 0 bridgehead atoms. The number of fused-ring (bicyclic) bond motifs is 1. The highest BCUT2D eigenvalue weighted by Gasteiger charge is 2.25. The number of H-pyrrole nitrogens is 1. The van der Waals surface area contributed by atoms with Gasteiger partial charge in [0.2, 0.25) is 5.91 Å². The molecule has 0 spiro atoms. The lowest BCUT2D eigenvalue weighted by Gasteiger charge is -2.28. The van der Waals surface area contributed by atoms with Gasteiger partial charge in [0.25, 0.3) is 0 Å². The van der Waals surface area contributed by atoms with Crippen molar-refractivity contribution in [2.75, 3.05) is 4.90 Å². The molecule has 1 amide bonds. The molecule has 1 aromatic heterocycles. The largest absolute Gasteiger partial charge is 0.348 e. The maximum Gasteiger partial charge on any atom is 0.233 e. The lowest BCUT2D eigenvalue weighted by Crippen LogP contribution is -2.30. The van der Waals surface area contributed by atoms with Crippen molar-refractivity contribution in [3.8, 4) is 0 Å². The minimum atomic E-state index is 0.154. The molecule has 0 radical (unpaired) electrons. The van der Waals surface area contributed by atoms with Gasteiger partial charge >= 0.3 is 0 Å². The standard InChI is InChI=1S/C13H12N2O/c16-13-8-7-10-4-1-2-5-11(10)15(13)12-6-3-9-14-12/h1-6,9,14H,7-8H2. The molecule has 3 heteroatoms. The Morgan fingerprint density at radius 3 is 2.75 bits per heavy atom. The maximum absolute atomic E-state index is 12.0. The highest BCUT2D eigenvalue weighted by Crippen LogP contribution is 2.32. The molecule has 1 aliphatic heterocycles. The lowest BCUT2D eigenvalue weighted by atomic mass is 10.0. The fraction of sp³-hybridized carbons (Fsp3) is 0.154. The monoisotopic (exact) mass is 212 g/mol. The fourth-order valence-electron chi connectivity index (χ4n) is 2.15. The second kappa shape index (κ2) is 3.52. The molecule has 0 saturated heterocycles. The minimum absolute atomic E-state index is 0.154. The molecule has 2 heterocycles. The van der Waals surface area contributed by atoms with Crippen LogP contribution < -0.4 is 4.90 Å². The van der Waals surface area contributed by atoms with E-state index in [0.717, 1.165) is 17.9 Å². The number of anilines is 2. The van der Waals surface area contributed by atoms with Crippen LogP contribution >= 0.6 is 0 Å². The van der Waals surface area contributed by atoms with Crippen LogP contribution in [-0.2, 0) is 11.2 Å². The first kappa shape index (κ1) is 9.21. The summed E-state index contributed by atoms with van der Waals surface area (Å²) in [4.78, 5) is 16.8. The van der Waals surface area contributed by atoms with E-state index in [1.807, 2.05) is 36.5 Å². The molecule has 80 valence electrons. The first-order valence-electron chi connectivity index (χ1n) is 5.40. The number of aromatic nitrogens is 1. The van der Waals surface area contributed by atoms with Crippen molar-refractivity contribution in [1.82, 2.24) is 4.98 Å². The summed E-state index contributed by atoms with van der Waals surface area (Å²) in [6.07, 6.45) is 3.25. The summed E-state index contributed by atoms with van der Waals surface area (Å²) >= 11 is 0. The Morgan fingerprint density at radius 1 is 1.06 bits per heavy atom. The molecule has 3 nitrogen and oxygen atoms in total. The number of aromatic amines is 1. The zero-order valence-corrected chi connectivity index (χ0v) is 8.81. The van der Waals surface area contributed by atoms with E-state index in [0.29, 0.717) is 6.42 Å². The van der Waals surface area contributed by atoms with Gasteiger partial charge in [-0.05, 0) is 30.2 Å². The smallest absolute Gasteiger partial charge is 0.233 e. The molecule has 1 aromatic carbocycles. The van der Waals surface area contributed by atoms with Crippen LogP contribution in [0.5, 0.6) is 0 Å². The van der Waals surface area contributed by atoms with E-state index in [9.17, 15) is 4.79 Å². The molecule has 0 aliphatic carbocycles. The van der Waals surface area contributed by atoms with Crippen molar-refractivity contribution in [2.45, 2.75) is 12.8 Å². The lowest BCUT2D eigenvalue weighted by molar-refractivity contribution is -0.118. The first-order valence-corrected chi connectivity index (χ1v) is 5.40. The Kier molecular flexibility index (Phi) is 2.03. The Morgan fingerprint density at radius 2 is 1.94 bits per heavy atom. The van der Waals surface area contributed by atoms with E-state index in [-0.39, 0.29) is 5.91 Å². The predicted octanol–water partition coefficient (Wildman–Crippen LogP) is 2.63. The number of benzene rings is 1. The van der Waals surface area contributed by atoms with Crippen molar-refractivity contribution < 1.29 is 4.79 Å². The summed E-state index contributed by atoms with van der Waals surface area (Å²) in [5, 5.41) is 0. The topological polar surface area (TPSA) is 36.1 Å². The summed E-state index contributed by atoms with van der Waals surface area (Å²) < 4.78 is 0. The summed E-state index contributed by atoms with van der Waals surface area (Å²) in [5.41, 5.74) is 2.23. The number of amides is 1. The van der Waals surface area contributed by atoms with Crippen molar-refractivity contribution in [2.24, 2.45) is 0 Å². The third-order valence-electron chi connectivity index (χ3n) is 2.91. The molecule has 0 saturated carbocycles. The Bertz CT molecular complexity index is 516. The van der Waals surface area contributed by atoms with E-state index in [2.05, 4.69) is 11.1 Å². The second-order valence-corrected chi connectivity index (χ2v) is 3.91. The molecule has 0 atom stereocenters.